The molecule has 6 heteroatoms. The lowest BCUT2D eigenvalue weighted by Crippen LogP contribution is -2.28. The van der Waals surface area contributed by atoms with E-state index in [1.165, 1.54) is 6.07 Å². The molecule has 3 aromatic rings. The maximum Gasteiger partial charge on any atom is 0.336 e. The average molecular weight is 411 g/mol. The Morgan fingerprint density at radius 1 is 1.14 bits per heavy atom. The lowest BCUT2D eigenvalue weighted by molar-refractivity contribution is 0.0793. The quantitative estimate of drug-likeness (QED) is 0.620. The minimum absolute atomic E-state index is 0.0172. The summed E-state index contributed by atoms with van der Waals surface area (Å²) in [4.78, 5) is 26.9. The molecule has 0 unspecified atom stereocenters. The van der Waals surface area contributed by atoms with Gasteiger partial charge in [0.05, 0.1) is 5.56 Å². The number of hydrogen-bond acceptors (Lipinski definition) is 4. The van der Waals surface area contributed by atoms with Gasteiger partial charge in [0.1, 0.15) is 5.58 Å². The first kappa shape index (κ1) is 19.5. The molecule has 0 spiro atoms. The van der Waals surface area contributed by atoms with Crippen LogP contribution in [0.2, 0.25) is 5.02 Å². The number of anilines is 1. The van der Waals surface area contributed by atoms with Crippen molar-refractivity contribution in [3.63, 3.8) is 0 Å². The molecule has 2 aromatic carbocycles. The van der Waals surface area contributed by atoms with E-state index in [0.717, 1.165) is 48.0 Å². The molecule has 1 aromatic heterocycles. The Morgan fingerprint density at radius 2 is 1.90 bits per heavy atom. The first-order valence-electron chi connectivity index (χ1n) is 9.79. The van der Waals surface area contributed by atoms with Crippen molar-refractivity contribution in [3.05, 3.63) is 74.1 Å². The number of carbonyl (C=O) groups excluding carboxylic acids is 1. The fourth-order valence-corrected chi connectivity index (χ4v) is 3.97. The third-order valence-corrected chi connectivity index (χ3v) is 5.83. The summed E-state index contributed by atoms with van der Waals surface area (Å²) in [6, 6.07) is 10.8. The summed E-state index contributed by atoms with van der Waals surface area (Å²) in [6.45, 7) is 5.88. The Kier molecular flexibility index (Phi) is 5.33. The smallest absolute Gasteiger partial charge is 0.336 e. The normalized spacial score (nSPS) is 13.8. The van der Waals surface area contributed by atoms with Gasteiger partial charge < -0.3 is 14.6 Å². The summed E-state index contributed by atoms with van der Waals surface area (Å²) < 4.78 is 5.45. The highest BCUT2D eigenvalue weighted by Gasteiger charge is 2.22. The number of hydrogen-bond donors (Lipinski definition) is 1. The summed E-state index contributed by atoms with van der Waals surface area (Å²) in [5.74, 6) is -0.0172. The van der Waals surface area contributed by atoms with Gasteiger partial charge in [0.15, 0.2) is 0 Å². The van der Waals surface area contributed by atoms with Crippen LogP contribution in [0.5, 0.6) is 0 Å². The van der Waals surface area contributed by atoms with E-state index in [-0.39, 0.29) is 11.5 Å². The van der Waals surface area contributed by atoms with Crippen molar-refractivity contribution in [3.8, 4) is 0 Å². The van der Waals surface area contributed by atoms with Gasteiger partial charge >= 0.3 is 5.63 Å². The van der Waals surface area contributed by atoms with Crippen LogP contribution in [-0.2, 0) is 6.54 Å². The van der Waals surface area contributed by atoms with Gasteiger partial charge in [0.25, 0.3) is 5.91 Å². The van der Waals surface area contributed by atoms with Gasteiger partial charge in [-0.2, -0.15) is 0 Å². The fraction of sp³-hybridized carbons (Fsp3) is 0.304. The third-order valence-electron chi connectivity index (χ3n) is 5.59. The van der Waals surface area contributed by atoms with E-state index < -0.39 is 0 Å². The highest BCUT2D eigenvalue weighted by atomic mass is 35.5. The van der Waals surface area contributed by atoms with Crippen molar-refractivity contribution in [1.82, 2.24) is 4.90 Å². The lowest BCUT2D eigenvalue weighted by atomic mass is 10.0. The van der Waals surface area contributed by atoms with Crippen LogP contribution in [-0.4, -0.2) is 23.9 Å². The molecule has 1 N–H and O–H groups in total. The van der Waals surface area contributed by atoms with E-state index in [4.69, 9.17) is 16.0 Å². The molecular formula is C23H23ClN2O3. The molecule has 1 aliphatic rings. The minimum atomic E-state index is -0.382. The maximum absolute atomic E-state index is 12.9. The number of carbonyl (C=O) groups is 1. The lowest BCUT2D eigenvalue weighted by Gasteiger charge is -2.19. The summed E-state index contributed by atoms with van der Waals surface area (Å²) in [5.41, 5.74) is 4.34. The number of aryl methyl sites for hydroxylation is 2. The third kappa shape index (κ3) is 3.87. The number of likely N-dealkylation sites (tertiary alicyclic amines) is 1. The van der Waals surface area contributed by atoms with Crippen molar-refractivity contribution in [1.29, 1.82) is 0 Å². The van der Waals surface area contributed by atoms with Crippen LogP contribution in [0, 0.1) is 13.8 Å². The molecule has 1 fully saturated rings. The Hall–Kier alpha value is -2.79. The molecule has 2 heterocycles. The predicted octanol–water partition coefficient (Wildman–Crippen LogP) is 4.91. The Labute approximate surface area is 174 Å². The van der Waals surface area contributed by atoms with Crippen LogP contribution in [0.3, 0.4) is 0 Å². The first-order valence-corrected chi connectivity index (χ1v) is 10.2. The van der Waals surface area contributed by atoms with Crippen LogP contribution in [0.25, 0.3) is 11.0 Å². The van der Waals surface area contributed by atoms with Crippen molar-refractivity contribution in [2.75, 3.05) is 18.4 Å². The van der Waals surface area contributed by atoms with Crippen molar-refractivity contribution in [2.24, 2.45) is 0 Å². The molecule has 1 aliphatic heterocycles. The van der Waals surface area contributed by atoms with Gasteiger partial charge in [-0.25, -0.2) is 4.79 Å². The predicted molar refractivity (Wildman–Crippen MR) is 116 cm³/mol. The maximum atomic E-state index is 12.9. The molecule has 0 bridgehead atoms. The monoisotopic (exact) mass is 410 g/mol. The van der Waals surface area contributed by atoms with Crippen molar-refractivity contribution >= 4 is 34.2 Å². The summed E-state index contributed by atoms with van der Waals surface area (Å²) >= 11 is 6.16. The summed E-state index contributed by atoms with van der Waals surface area (Å²) in [5, 5.41) is 4.74. The number of nitrogens with zero attached hydrogens (tertiary/aromatic N) is 1. The average Bonchev–Trinajstić information content (AvgIpc) is 3.24. The zero-order chi connectivity index (χ0) is 20.5. The van der Waals surface area contributed by atoms with Crippen molar-refractivity contribution < 1.29 is 9.21 Å². The number of benzene rings is 2. The molecule has 1 saturated heterocycles. The van der Waals surface area contributed by atoms with E-state index in [1.54, 1.807) is 12.1 Å². The van der Waals surface area contributed by atoms with Crippen LogP contribution in [0.15, 0.2) is 45.6 Å². The van der Waals surface area contributed by atoms with Crippen molar-refractivity contribution in [2.45, 2.75) is 33.2 Å². The minimum Gasteiger partial charge on any atom is -0.422 e. The Bertz CT molecular complexity index is 1150. The second-order valence-electron chi connectivity index (χ2n) is 7.52. The number of amides is 1. The number of rotatable bonds is 4. The van der Waals surface area contributed by atoms with E-state index in [2.05, 4.69) is 5.32 Å². The molecule has 4 rings (SSSR count). The van der Waals surface area contributed by atoms with E-state index in [1.807, 2.05) is 36.9 Å². The molecular weight excluding hydrogens is 388 g/mol. The number of halogens is 1. The molecule has 0 aliphatic carbocycles. The molecule has 0 radical (unpaired) electrons. The summed E-state index contributed by atoms with van der Waals surface area (Å²) in [7, 11) is 0. The van der Waals surface area contributed by atoms with Gasteiger partial charge in [-0.15, -0.1) is 0 Å². The van der Waals surface area contributed by atoms with Gasteiger partial charge in [0.2, 0.25) is 0 Å². The Balaban J connectivity index is 1.67. The Morgan fingerprint density at radius 3 is 2.66 bits per heavy atom. The summed E-state index contributed by atoms with van der Waals surface area (Å²) in [6.07, 6.45) is 2.05. The molecule has 0 atom stereocenters. The zero-order valence-corrected chi connectivity index (χ0v) is 17.3. The number of nitrogens with one attached hydrogen (secondary N) is 1. The topological polar surface area (TPSA) is 62.6 Å². The molecule has 1 amide bonds. The van der Waals surface area contributed by atoms with E-state index >= 15 is 0 Å². The van der Waals surface area contributed by atoms with Gasteiger partial charge in [-0.3, -0.25) is 4.79 Å². The van der Waals surface area contributed by atoms with Gasteiger partial charge in [0, 0.05) is 41.8 Å². The van der Waals surface area contributed by atoms with E-state index in [0.29, 0.717) is 28.4 Å². The van der Waals surface area contributed by atoms with Gasteiger partial charge in [-0.1, -0.05) is 23.7 Å². The van der Waals surface area contributed by atoms with Crippen LogP contribution >= 0.6 is 11.6 Å². The highest BCUT2D eigenvalue weighted by Crippen LogP contribution is 2.27. The van der Waals surface area contributed by atoms with Gasteiger partial charge in [-0.05, 0) is 61.6 Å². The SMILES string of the molecule is Cc1ccc2c(CNc3ccc(Cl)cc3C(=O)N3CCCC3)cc(=O)oc2c1C. The molecule has 0 saturated carbocycles. The van der Waals surface area contributed by atoms with Crippen LogP contribution in [0.4, 0.5) is 5.69 Å². The molecule has 5 nitrogen and oxygen atoms in total. The standard InChI is InChI=1S/C23H23ClN2O3/c1-14-5-7-18-16(11-21(27)29-22(18)15(14)2)13-25-20-8-6-17(24)12-19(20)23(28)26-9-3-4-10-26/h5-8,11-12,25H,3-4,9-10,13H2,1-2H3. The second kappa shape index (κ2) is 7.91. The zero-order valence-electron chi connectivity index (χ0n) is 16.5. The highest BCUT2D eigenvalue weighted by molar-refractivity contribution is 6.31. The van der Waals surface area contributed by atoms with E-state index in [9.17, 15) is 9.59 Å². The van der Waals surface area contributed by atoms with Crippen LogP contribution in [0.1, 0.15) is 39.9 Å². The molecule has 29 heavy (non-hydrogen) atoms. The number of fused-ring (bicyclic) bond motifs is 1. The first-order chi connectivity index (χ1) is 13.9. The van der Waals surface area contributed by atoms with Crippen LogP contribution < -0.4 is 10.9 Å². The fourth-order valence-electron chi connectivity index (χ4n) is 3.80. The molecule has 150 valence electrons. The largest absolute Gasteiger partial charge is 0.422 e. The second-order valence-corrected chi connectivity index (χ2v) is 7.95.